The first-order valence-corrected chi connectivity index (χ1v) is 8.05. The Morgan fingerprint density at radius 2 is 2.15 bits per heavy atom. The van der Waals surface area contributed by atoms with Gasteiger partial charge in [0.05, 0.1) is 0 Å². The maximum atomic E-state index is 12.1. The van der Waals surface area contributed by atoms with Crippen molar-refractivity contribution in [2.45, 2.75) is 37.8 Å². The number of amides is 1. The molecule has 2 fully saturated rings. The molecule has 0 aromatic carbocycles. The van der Waals surface area contributed by atoms with Crippen LogP contribution in [0.1, 0.15) is 36.2 Å². The van der Waals surface area contributed by atoms with Crippen molar-refractivity contribution in [2.24, 2.45) is 5.92 Å². The van der Waals surface area contributed by atoms with Crippen molar-refractivity contribution in [1.82, 2.24) is 15.2 Å². The zero-order valence-corrected chi connectivity index (χ0v) is 13.3. The van der Waals surface area contributed by atoms with Crippen LogP contribution < -0.4 is 5.32 Å². The molecule has 0 radical (unpaired) electrons. The Bertz CT molecular complexity index is 494. The zero-order valence-electron chi connectivity index (χ0n) is 11.7. The number of fused-ring (bicyclic) bond motifs is 2. The summed E-state index contributed by atoms with van der Waals surface area (Å²) in [5, 5.41) is 3.04. The van der Waals surface area contributed by atoms with Crippen LogP contribution in [0.25, 0.3) is 0 Å². The molecule has 0 saturated carbocycles. The first kappa shape index (κ1) is 14.0. The molecule has 1 amide bonds. The molecule has 2 bridgehead atoms. The van der Waals surface area contributed by atoms with Crippen molar-refractivity contribution in [2.75, 3.05) is 13.6 Å². The molecule has 3 heterocycles. The highest BCUT2D eigenvalue weighted by molar-refractivity contribution is 9.10. The van der Waals surface area contributed by atoms with Crippen LogP contribution in [-0.4, -0.2) is 41.5 Å². The number of piperidine rings is 1. The molecular weight excluding hydrogens is 318 g/mol. The van der Waals surface area contributed by atoms with Gasteiger partial charge in [0, 0.05) is 29.3 Å². The Balaban J connectivity index is 1.56. The van der Waals surface area contributed by atoms with Crippen LogP contribution in [0.3, 0.4) is 0 Å². The first-order chi connectivity index (χ1) is 9.65. The molecule has 2 saturated heterocycles. The first-order valence-electron chi connectivity index (χ1n) is 7.26. The summed E-state index contributed by atoms with van der Waals surface area (Å²) in [6.07, 6.45) is 6.69. The van der Waals surface area contributed by atoms with Gasteiger partial charge in [0.15, 0.2) is 0 Å². The van der Waals surface area contributed by atoms with Crippen LogP contribution in [0.15, 0.2) is 22.8 Å². The van der Waals surface area contributed by atoms with Gasteiger partial charge < -0.3 is 10.2 Å². The predicted molar refractivity (Wildman–Crippen MR) is 81.6 cm³/mol. The van der Waals surface area contributed by atoms with E-state index in [2.05, 4.69) is 38.2 Å². The minimum absolute atomic E-state index is 0.0799. The number of nitrogens with one attached hydrogen (secondary N) is 1. The minimum Gasteiger partial charge on any atom is -0.350 e. The van der Waals surface area contributed by atoms with Crippen molar-refractivity contribution in [3.63, 3.8) is 0 Å². The third-order valence-corrected chi connectivity index (χ3v) is 5.36. The molecule has 3 rings (SSSR count). The van der Waals surface area contributed by atoms with E-state index in [1.165, 1.54) is 25.7 Å². The molecule has 108 valence electrons. The van der Waals surface area contributed by atoms with Gasteiger partial charge in [0.2, 0.25) is 0 Å². The third-order valence-electron chi connectivity index (χ3n) is 4.72. The highest BCUT2D eigenvalue weighted by atomic mass is 79.9. The van der Waals surface area contributed by atoms with Crippen LogP contribution in [0.2, 0.25) is 0 Å². The normalized spacial score (nSPS) is 29.4. The molecule has 2 atom stereocenters. The number of pyridine rings is 1. The monoisotopic (exact) mass is 337 g/mol. The molecular formula is C15H20BrN3O. The lowest BCUT2D eigenvalue weighted by Gasteiger charge is -2.36. The number of hydrogen-bond donors (Lipinski definition) is 1. The van der Waals surface area contributed by atoms with Gasteiger partial charge in [-0.25, -0.2) is 4.98 Å². The molecule has 0 spiro atoms. The van der Waals surface area contributed by atoms with E-state index in [4.69, 9.17) is 0 Å². The summed E-state index contributed by atoms with van der Waals surface area (Å²) >= 11 is 3.37. The molecule has 1 aromatic rings. The number of rotatable bonds is 3. The molecule has 2 aliphatic rings. The molecule has 5 heteroatoms. The SMILES string of the molecule is CN1C2CCC1CC(CNC(=O)c1ncccc1Br)C2. The average Bonchev–Trinajstić information content (AvgIpc) is 2.66. The van der Waals surface area contributed by atoms with Crippen LogP contribution in [0.5, 0.6) is 0 Å². The lowest BCUT2D eigenvalue weighted by molar-refractivity contribution is 0.0912. The van der Waals surface area contributed by atoms with E-state index in [-0.39, 0.29) is 5.91 Å². The summed E-state index contributed by atoms with van der Waals surface area (Å²) in [5.74, 6) is 0.527. The van der Waals surface area contributed by atoms with Crippen molar-refractivity contribution < 1.29 is 4.79 Å². The summed E-state index contributed by atoms with van der Waals surface area (Å²) in [6.45, 7) is 0.767. The Hall–Kier alpha value is -0.940. The number of carbonyl (C=O) groups is 1. The quantitative estimate of drug-likeness (QED) is 0.921. The summed E-state index contributed by atoms with van der Waals surface area (Å²) < 4.78 is 0.751. The molecule has 2 unspecified atom stereocenters. The summed E-state index contributed by atoms with van der Waals surface area (Å²) in [5.41, 5.74) is 0.475. The van der Waals surface area contributed by atoms with Crippen LogP contribution >= 0.6 is 15.9 Å². The van der Waals surface area contributed by atoms with Gasteiger partial charge >= 0.3 is 0 Å². The van der Waals surface area contributed by atoms with Gasteiger partial charge in [-0.15, -0.1) is 0 Å². The largest absolute Gasteiger partial charge is 0.350 e. The van der Waals surface area contributed by atoms with E-state index in [1.54, 1.807) is 6.20 Å². The van der Waals surface area contributed by atoms with E-state index in [9.17, 15) is 4.79 Å². The molecule has 4 nitrogen and oxygen atoms in total. The van der Waals surface area contributed by atoms with Crippen molar-refractivity contribution >= 4 is 21.8 Å². The highest BCUT2D eigenvalue weighted by Crippen LogP contribution is 2.37. The van der Waals surface area contributed by atoms with Crippen LogP contribution in [0.4, 0.5) is 0 Å². The van der Waals surface area contributed by atoms with Crippen LogP contribution in [0, 0.1) is 5.92 Å². The van der Waals surface area contributed by atoms with Crippen molar-refractivity contribution in [3.05, 3.63) is 28.5 Å². The van der Waals surface area contributed by atoms with Gasteiger partial charge in [-0.1, -0.05) is 0 Å². The van der Waals surface area contributed by atoms with Gasteiger partial charge in [-0.2, -0.15) is 0 Å². The number of hydrogen-bond acceptors (Lipinski definition) is 3. The molecule has 20 heavy (non-hydrogen) atoms. The second kappa shape index (κ2) is 5.82. The Labute approximate surface area is 128 Å². The fraction of sp³-hybridized carbons (Fsp3) is 0.600. The smallest absolute Gasteiger partial charge is 0.271 e. The Kier molecular flexibility index (Phi) is 4.08. The van der Waals surface area contributed by atoms with E-state index in [0.29, 0.717) is 11.6 Å². The topological polar surface area (TPSA) is 45.2 Å². The summed E-state index contributed by atoms with van der Waals surface area (Å²) in [4.78, 5) is 18.8. The third kappa shape index (κ3) is 2.74. The number of halogens is 1. The minimum atomic E-state index is -0.0799. The zero-order chi connectivity index (χ0) is 14.1. The second-order valence-corrected chi connectivity index (χ2v) is 6.79. The second-order valence-electron chi connectivity index (χ2n) is 5.93. The Morgan fingerprint density at radius 3 is 2.80 bits per heavy atom. The van der Waals surface area contributed by atoms with Crippen LogP contribution in [-0.2, 0) is 0 Å². The standard InChI is InChI=1S/C15H20BrN3O/c1-19-11-4-5-12(19)8-10(7-11)9-18-15(20)14-13(16)3-2-6-17-14/h2-3,6,10-12H,4-5,7-9H2,1H3,(H,18,20). The van der Waals surface area contributed by atoms with E-state index >= 15 is 0 Å². The summed E-state index contributed by atoms with van der Waals surface area (Å²) in [6, 6.07) is 5.10. The van der Waals surface area contributed by atoms with Gasteiger partial charge in [0.1, 0.15) is 5.69 Å². The Morgan fingerprint density at radius 1 is 1.45 bits per heavy atom. The average molecular weight is 338 g/mol. The van der Waals surface area contributed by atoms with Crippen molar-refractivity contribution in [1.29, 1.82) is 0 Å². The number of carbonyl (C=O) groups excluding carboxylic acids is 1. The molecule has 2 aliphatic heterocycles. The predicted octanol–water partition coefficient (Wildman–Crippen LogP) is 2.45. The van der Waals surface area contributed by atoms with Crippen molar-refractivity contribution in [3.8, 4) is 0 Å². The maximum absolute atomic E-state index is 12.1. The molecule has 1 N–H and O–H groups in total. The summed E-state index contributed by atoms with van der Waals surface area (Å²) in [7, 11) is 2.24. The highest BCUT2D eigenvalue weighted by Gasteiger charge is 2.38. The number of aromatic nitrogens is 1. The number of nitrogens with zero attached hydrogens (tertiary/aromatic N) is 2. The lowest BCUT2D eigenvalue weighted by Crippen LogP contribution is -2.43. The van der Waals surface area contributed by atoms with E-state index in [1.807, 2.05) is 12.1 Å². The van der Waals surface area contributed by atoms with Gasteiger partial charge in [0.25, 0.3) is 5.91 Å². The fourth-order valence-electron chi connectivity index (χ4n) is 3.56. The molecule has 1 aromatic heterocycles. The van der Waals surface area contributed by atoms with Gasteiger partial charge in [-0.3, -0.25) is 4.79 Å². The van der Waals surface area contributed by atoms with E-state index < -0.39 is 0 Å². The van der Waals surface area contributed by atoms with E-state index in [0.717, 1.165) is 23.1 Å². The van der Waals surface area contributed by atoms with Gasteiger partial charge in [-0.05, 0) is 66.7 Å². The lowest BCUT2D eigenvalue weighted by atomic mass is 9.91. The molecule has 0 aliphatic carbocycles. The fourth-order valence-corrected chi connectivity index (χ4v) is 4.00. The maximum Gasteiger partial charge on any atom is 0.271 e.